The number of aromatic nitrogens is 1. The van der Waals surface area contributed by atoms with Gasteiger partial charge in [-0.3, -0.25) is 9.78 Å². The summed E-state index contributed by atoms with van der Waals surface area (Å²) in [7, 11) is 1.73. The largest absolute Gasteiger partial charge is 0.325 e. The monoisotopic (exact) mass is 165 g/mol. The molecular weight excluding hydrogens is 154 g/mol. The Hall–Kier alpha value is -1.42. The van der Waals surface area contributed by atoms with E-state index in [1.165, 1.54) is 0 Å². The number of carbonyl (C=O) groups is 1. The minimum atomic E-state index is -0.0521. The van der Waals surface area contributed by atoms with Gasteiger partial charge in [0.1, 0.15) is 0 Å². The third-order valence-corrected chi connectivity index (χ3v) is 1.30. The van der Waals surface area contributed by atoms with Crippen LogP contribution >= 0.6 is 0 Å². The average molecular weight is 165 g/mol. The van der Waals surface area contributed by atoms with Gasteiger partial charge in [0.2, 0.25) is 5.91 Å². The van der Waals surface area contributed by atoms with Gasteiger partial charge >= 0.3 is 0 Å². The van der Waals surface area contributed by atoms with Crippen molar-refractivity contribution in [3.8, 4) is 0 Å². The lowest BCUT2D eigenvalue weighted by Gasteiger charge is -2.02. The number of likely N-dealkylation sites (N-methyl/N-ethyl adjacent to an activating group) is 1. The van der Waals surface area contributed by atoms with E-state index in [1.807, 2.05) is 0 Å². The number of amides is 1. The van der Waals surface area contributed by atoms with E-state index in [0.717, 1.165) is 5.69 Å². The Morgan fingerprint density at radius 3 is 2.75 bits per heavy atom. The van der Waals surface area contributed by atoms with Crippen molar-refractivity contribution < 1.29 is 4.79 Å². The predicted octanol–water partition coefficient (Wildman–Crippen LogP) is 0.239. The molecule has 0 aromatic carbocycles. The second-order valence-corrected chi connectivity index (χ2v) is 2.31. The van der Waals surface area contributed by atoms with Crippen LogP contribution in [0.25, 0.3) is 0 Å². The summed E-state index contributed by atoms with van der Waals surface area (Å²) in [5, 5.41) is 5.46. The highest BCUT2D eigenvalue weighted by atomic mass is 16.1. The third-order valence-electron chi connectivity index (χ3n) is 1.30. The highest BCUT2D eigenvalue weighted by molar-refractivity contribution is 5.92. The average Bonchev–Trinajstić information content (AvgIpc) is 2.06. The summed E-state index contributed by atoms with van der Waals surface area (Å²) >= 11 is 0. The lowest BCUT2D eigenvalue weighted by atomic mass is 10.4. The molecule has 0 fully saturated rings. The minimum absolute atomic E-state index is 0.0521. The standard InChI is InChI=1S/C8H11N3O/c1-9-6-8(12)11-7-2-4-10-5-3-7/h2-5,9H,6H2,1H3,(H,10,11,12). The van der Waals surface area contributed by atoms with Crippen LogP contribution in [0.5, 0.6) is 0 Å². The lowest BCUT2D eigenvalue weighted by molar-refractivity contribution is -0.115. The summed E-state index contributed by atoms with van der Waals surface area (Å²) < 4.78 is 0. The summed E-state index contributed by atoms with van der Waals surface area (Å²) in [5.74, 6) is -0.0521. The van der Waals surface area contributed by atoms with E-state index >= 15 is 0 Å². The molecule has 0 radical (unpaired) electrons. The van der Waals surface area contributed by atoms with Crippen molar-refractivity contribution in [2.75, 3.05) is 18.9 Å². The van der Waals surface area contributed by atoms with Crippen molar-refractivity contribution in [2.24, 2.45) is 0 Å². The van der Waals surface area contributed by atoms with Crippen LogP contribution in [0, 0.1) is 0 Å². The van der Waals surface area contributed by atoms with Gasteiger partial charge in [0, 0.05) is 18.1 Å². The first-order chi connectivity index (χ1) is 5.83. The molecule has 0 aliphatic rings. The van der Waals surface area contributed by atoms with Crippen molar-refractivity contribution in [1.29, 1.82) is 0 Å². The van der Waals surface area contributed by atoms with Crippen LogP contribution in [-0.2, 0) is 4.79 Å². The van der Waals surface area contributed by atoms with E-state index in [2.05, 4.69) is 15.6 Å². The topological polar surface area (TPSA) is 54.0 Å². The van der Waals surface area contributed by atoms with Gasteiger partial charge in [0.15, 0.2) is 0 Å². The van der Waals surface area contributed by atoms with Crippen molar-refractivity contribution >= 4 is 11.6 Å². The molecule has 1 aromatic rings. The maximum absolute atomic E-state index is 11.0. The number of pyridine rings is 1. The molecule has 0 spiro atoms. The molecule has 0 atom stereocenters. The molecule has 1 aromatic heterocycles. The van der Waals surface area contributed by atoms with E-state index in [1.54, 1.807) is 31.6 Å². The zero-order valence-electron chi connectivity index (χ0n) is 6.87. The normalized spacial score (nSPS) is 9.42. The summed E-state index contributed by atoms with van der Waals surface area (Å²) in [6, 6.07) is 3.49. The summed E-state index contributed by atoms with van der Waals surface area (Å²) in [4.78, 5) is 14.9. The van der Waals surface area contributed by atoms with E-state index in [4.69, 9.17) is 0 Å². The van der Waals surface area contributed by atoms with Gasteiger partial charge < -0.3 is 10.6 Å². The third kappa shape index (κ3) is 2.67. The molecular formula is C8H11N3O. The zero-order valence-corrected chi connectivity index (χ0v) is 6.87. The fraction of sp³-hybridized carbons (Fsp3) is 0.250. The Morgan fingerprint density at radius 1 is 1.50 bits per heavy atom. The zero-order chi connectivity index (χ0) is 8.81. The van der Waals surface area contributed by atoms with Crippen LogP contribution < -0.4 is 10.6 Å². The van der Waals surface area contributed by atoms with E-state index in [9.17, 15) is 4.79 Å². The molecule has 12 heavy (non-hydrogen) atoms. The molecule has 1 amide bonds. The second kappa shape index (κ2) is 4.46. The number of nitrogens with zero attached hydrogens (tertiary/aromatic N) is 1. The number of nitrogens with one attached hydrogen (secondary N) is 2. The smallest absolute Gasteiger partial charge is 0.238 e. The lowest BCUT2D eigenvalue weighted by Crippen LogP contribution is -2.24. The van der Waals surface area contributed by atoms with Crippen LogP contribution in [-0.4, -0.2) is 24.5 Å². The quantitative estimate of drug-likeness (QED) is 0.674. The summed E-state index contributed by atoms with van der Waals surface area (Å²) in [6.45, 7) is 0.322. The first-order valence-corrected chi connectivity index (χ1v) is 3.67. The Morgan fingerprint density at radius 2 is 2.17 bits per heavy atom. The van der Waals surface area contributed by atoms with Crippen molar-refractivity contribution in [1.82, 2.24) is 10.3 Å². The van der Waals surface area contributed by atoms with Crippen LogP contribution in [0.3, 0.4) is 0 Å². The molecule has 4 nitrogen and oxygen atoms in total. The van der Waals surface area contributed by atoms with E-state index < -0.39 is 0 Å². The summed E-state index contributed by atoms with van der Waals surface area (Å²) in [5.41, 5.74) is 0.769. The highest BCUT2D eigenvalue weighted by Crippen LogP contribution is 2.01. The minimum Gasteiger partial charge on any atom is -0.325 e. The Labute approximate surface area is 71.0 Å². The fourth-order valence-corrected chi connectivity index (χ4v) is 0.801. The Balaban J connectivity index is 2.47. The van der Waals surface area contributed by atoms with E-state index in [0.29, 0.717) is 6.54 Å². The molecule has 1 heterocycles. The van der Waals surface area contributed by atoms with Crippen molar-refractivity contribution in [3.05, 3.63) is 24.5 Å². The maximum Gasteiger partial charge on any atom is 0.238 e. The van der Waals surface area contributed by atoms with Crippen molar-refractivity contribution in [3.63, 3.8) is 0 Å². The molecule has 0 unspecified atom stereocenters. The molecule has 0 aliphatic heterocycles. The van der Waals surface area contributed by atoms with Gasteiger partial charge in [-0.25, -0.2) is 0 Å². The van der Waals surface area contributed by atoms with Gasteiger partial charge in [-0.05, 0) is 19.2 Å². The van der Waals surface area contributed by atoms with Crippen LogP contribution in [0.2, 0.25) is 0 Å². The van der Waals surface area contributed by atoms with Gasteiger partial charge in [-0.15, -0.1) is 0 Å². The molecule has 2 N–H and O–H groups in total. The molecule has 4 heteroatoms. The molecule has 0 saturated carbocycles. The molecule has 0 bridgehead atoms. The van der Waals surface area contributed by atoms with Crippen LogP contribution in [0.1, 0.15) is 0 Å². The van der Waals surface area contributed by atoms with Gasteiger partial charge in [-0.2, -0.15) is 0 Å². The predicted molar refractivity (Wildman–Crippen MR) is 46.8 cm³/mol. The summed E-state index contributed by atoms with van der Waals surface area (Å²) in [6.07, 6.45) is 3.27. The van der Waals surface area contributed by atoms with Crippen LogP contribution in [0.4, 0.5) is 5.69 Å². The van der Waals surface area contributed by atoms with Gasteiger partial charge in [0.25, 0.3) is 0 Å². The molecule has 1 rings (SSSR count). The Kier molecular flexibility index (Phi) is 3.22. The first-order valence-electron chi connectivity index (χ1n) is 3.67. The highest BCUT2D eigenvalue weighted by Gasteiger charge is 1.97. The Bertz CT molecular complexity index is 248. The van der Waals surface area contributed by atoms with Gasteiger partial charge in [-0.1, -0.05) is 0 Å². The second-order valence-electron chi connectivity index (χ2n) is 2.31. The molecule has 0 saturated heterocycles. The molecule has 0 aliphatic carbocycles. The maximum atomic E-state index is 11.0. The van der Waals surface area contributed by atoms with E-state index in [-0.39, 0.29) is 5.91 Å². The van der Waals surface area contributed by atoms with Gasteiger partial charge in [0.05, 0.1) is 6.54 Å². The van der Waals surface area contributed by atoms with Crippen LogP contribution in [0.15, 0.2) is 24.5 Å². The number of carbonyl (C=O) groups excluding carboxylic acids is 1. The fourth-order valence-electron chi connectivity index (χ4n) is 0.801. The number of rotatable bonds is 3. The first kappa shape index (κ1) is 8.67. The number of anilines is 1. The molecule has 64 valence electrons. The SMILES string of the molecule is CNCC(=O)Nc1ccncc1. The van der Waals surface area contributed by atoms with Crippen molar-refractivity contribution in [2.45, 2.75) is 0 Å². The number of hydrogen-bond acceptors (Lipinski definition) is 3. The number of hydrogen-bond donors (Lipinski definition) is 2.